The van der Waals surface area contributed by atoms with Crippen LogP contribution in [0.25, 0.3) is 0 Å². The van der Waals surface area contributed by atoms with Crippen molar-refractivity contribution in [2.75, 3.05) is 6.61 Å². The third-order valence-electron chi connectivity index (χ3n) is 2.99. The third-order valence-corrected chi connectivity index (χ3v) is 2.99. The number of amides is 3. The van der Waals surface area contributed by atoms with Gasteiger partial charge in [0, 0.05) is 6.92 Å². The quantitative estimate of drug-likeness (QED) is 0.645. The number of carbonyl (C=O) groups is 3. The molecule has 1 aromatic carbocycles. The highest BCUT2D eigenvalue weighted by molar-refractivity contribution is 5.89. The number of nitriles is 1. The van der Waals surface area contributed by atoms with Gasteiger partial charge in [0.1, 0.15) is 11.8 Å². The van der Waals surface area contributed by atoms with E-state index in [1.165, 1.54) is 6.92 Å². The summed E-state index contributed by atoms with van der Waals surface area (Å²) >= 11 is 0. The van der Waals surface area contributed by atoms with E-state index in [2.05, 4.69) is 16.2 Å². The topological polar surface area (TPSA) is 120 Å². The predicted octanol–water partition coefficient (Wildman–Crippen LogP) is 0.245. The van der Waals surface area contributed by atoms with Crippen LogP contribution in [-0.2, 0) is 14.4 Å². The van der Waals surface area contributed by atoms with Crippen LogP contribution in [0.4, 0.5) is 0 Å². The number of nitrogens with one attached hydrogen (secondary N) is 3. The Morgan fingerprint density at radius 3 is 2.29 bits per heavy atom. The highest BCUT2D eigenvalue weighted by atomic mass is 16.5. The number of rotatable bonds is 6. The van der Waals surface area contributed by atoms with Gasteiger partial charge >= 0.3 is 0 Å². The smallest absolute Gasteiger partial charge is 0.276 e. The summed E-state index contributed by atoms with van der Waals surface area (Å²) in [5.41, 5.74) is 4.95. The molecule has 0 aliphatic heterocycles. The van der Waals surface area contributed by atoms with Crippen LogP contribution in [0.3, 0.4) is 0 Å². The zero-order valence-electron chi connectivity index (χ0n) is 13.8. The molecule has 24 heavy (non-hydrogen) atoms. The molecule has 0 fully saturated rings. The first kappa shape index (κ1) is 19.0. The Labute approximate surface area is 140 Å². The Morgan fingerprint density at radius 2 is 1.79 bits per heavy atom. The summed E-state index contributed by atoms with van der Waals surface area (Å²) in [6.45, 7) is 4.55. The van der Waals surface area contributed by atoms with Gasteiger partial charge in [0.25, 0.3) is 11.8 Å². The number of hydrogen-bond acceptors (Lipinski definition) is 5. The van der Waals surface area contributed by atoms with Gasteiger partial charge in [-0.25, -0.2) is 0 Å². The maximum absolute atomic E-state index is 12.0. The number of hydrazine groups is 1. The van der Waals surface area contributed by atoms with Gasteiger partial charge in [0.05, 0.1) is 11.6 Å². The van der Waals surface area contributed by atoms with E-state index in [0.717, 1.165) is 0 Å². The average Bonchev–Trinajstić information content (AvgIpc) is 2.55. The molecule has 128 valence electrons. The van der Waals surface area contributed by atoms with Crippen LogP contribution in [0, 0.1) is 17.2 Å². The van der Waals surface area contributed by atoms with E-state index in [1.54, 1.807) is 38.1 Å². The number of hydrogen-bond donors (Lipinski definition) is 3. The monoisotopic (exact) mass is 332 g/mol. The largest absolute Gasteiger partial charge is 0.484 e. The van der Waals surface area contributed by atoms with Crippen LogP contribution in [0.1, 0.15) is 26.3 Å². The maximum atomic E-state index is 12.0. The standard InChI is InChI=1S/C16H20N4O4/c1-10(2)15(18-11(3)21)16(23)20-19-14(22)9-24-13-6-4-12(8-17)5-7-13/h4-7,10,15H,9H2,1-3H3,(H,18,21)(H,19,22)(H,20,23). The van der Waals surface area contributed by atoms with Crippen LogP contribution in [0.15, 0.2) is 24.3 Å². The average molecular weight is 332 g/mol. The van der Waals surface area contributed by atoms with Crippen molar-refractivity contribution < 1.29 is 19.1 Å². The van der Waals surface area contributed by atoms with Crippen molar-refractivity contribution in [2.45, 2.75) is 26.8 Å². The van der Waals surface area contributed by atoms with Gasteiger partial charge in [-0.3, -0.25) is 25.2 Å². The van der Waals surface area contributed by atoms with Crippen LogP contribution in [-0.4, -0.2) is 30.4 Å². The Bertz CT molecular complexity index is 634. The van der Waals surface area contributed by atoms with E-state index in [4.69, 9.17) is 10.00 Å². The molecule has 1 rings (SSSR count). The molecule has 0 saturated heterocycles. The normalized spacial score (nSPS) is 11.1. The van der Waals surface area contributed by atoms with E-state index in [1.807, 2.05) is 6.07 Å². The fourth-order valence-corrected chi connectivity index (χ4v) is 1.77. The lowest BCUT2D eigenvalue weighted by molar-refractivity contribution is -0.133. The molecule has 3 amide bonds. The molecule has 0 spiro atoms. The molecule has 1 unspecified atom stereocenters. The molecule has 0 bridgehead atoms. The molecule has 1 aromatic rings. The van der Waals surface area contributed by atoms with E-state index < -0.39 is 17.9 Å². The van der Waals surface area contributed by atoms with Crippen LogP contribution in [0.2, 0.25) is 0 Å². The Morgan fingerprint density at radius 1 is 1.17 bits per heavy atom. The number of nitrogens with zero attached hydrogens (tertiary/aromatic N) is 1. The van der Waals surface area contributed by atoms with E-state index in [0.29, 0.717) is 11.3 Å². The molecule has 0 saturated carbocycles. The molecule has 0 radical (unpaired) electrons. The third kappa shape index (κ3) is 6.36. The predicted molar refractivity (Wildman–Crippen MR) is 85.4 cm³/mol. The van der Waals surface area contributed by atoms with Crippen molar-refractivity contribution in [3.05, 3.63) is 29.8 Å². The van der Waals surface area contributed by atoms with Crippen LogP contribution in [0.5, 0.6) is 5.75 Å². The first-order chi connectivity index (χ1) is 11.3. The minimum absolute atomic E-state index is 0.138. The summed E-state index contributed by atoms with van der Waals surface area (Å²) in [7, 11) is 0. The molecule has 0 aromatic heterocycles. The highest BCUT2D eigenvalue weighted by Crippen LogP contribution is 2.11. The first-order valence-electron chi connectivity index (χ1n) is 7.32. The second-order valence-electron chi connectivity index (χ2n) is 5.38. The minimum atomic E-state index is -0.748. The molecule has 0 aliphatic rings. The van der Waals surface area contributed by atoms with Crippen LogP contribution >= 0.6 is 0 Å². The maximum Gasteiger partial charge on any atom is 0.276 e. The van der Waals surface area contributed by atoms with E-state index >= 15 is 0 Å². The van der Waals surface area contributed by atoms with E-state index in [9.17, 15) is 14.4 Å². The fraction of sp³-hybridized carbons (Fsp3) is 0.375. The summed E-state index contributed by atoms with van der Waals surface area (Å²) in [4.78, 5) is 34.7. The molecule has 1 atom stereocenters. The van der Waals surface area contributed by atoms with E-state index in [-0.39, 0.29) is 18.4 Å². The number of benzene rings is 1. The van der Waals surface area contributed by atoms with Crippen molar-refractivity contribution in [2.24, 2.45) is 5.92 Å². The molecule has 3 N–H and O–H groups in total. The molecule has 0 heterocycles. The Kier molecular flexibility index (Phi) is 7.23. The van der Waals surface area contributed by atoms with Gasteiger partial charge in [-0.15, -0.1) is 0 Å². The first-order valence-corrected chi connectivity index (χ1v) is 7.32. The minimum Gasteiger partial charge on any atom is -0.484 e. The van der Waals surface area contributed by atoms with Crippen molar-refractivity contribution in [1.82, 2.24) is 16.2 Å². The zero-order chi connectivity index (χ0) is 18.1. The van der Waals surface area contributed by atoms with Gasteiger partial charge in [-0.1, -0.05) is 13.8 Å². The summed E-state index contributed by atoms with van der Waals surface area (Å²) in [6, 6.07) is 7.49. The lowest BCUT2D eigenvalue weighted by atomic mass is 10.0. The number of carbonyl (C=O) groups excluding carboxylic acids is 3. The summed E-state index contributed by atoms with van der Waals surface area (Å²) < 4.78 is 5.23. The lowest BCUT2D eigenvalue weighted by Gasteiger charge is -2.21. The van der Waals surface area contributed by atoms with Crippen LogP contribution < -0.4 is 20.9 Å². The Hall–Kier alpha value is -3.08. The second kappa shape index (κ2) is 9.15. The highest BCUT2D eigenvalue weighted by Gasteiger charge is 2.23. The fourth-order valence-electron chi connectivity index (χ4n) is 1.77. The van der Waals surface area contributed by atoms with Gasteiger partial charge in [0.15, 0.2) is 6.61 Å². The van der Waals surface area contributed by atoms with Gasteiger partial charge in [-0.2, -0.15) is 5.26 Å². The lowest BCUT2D eigenvalue weighted by Crippen LogP contribution is -2.54. The van der Waals surface area contributed by atoms with Gasteiger partial charge in [0.2, 0.25) is 5.91 Å². The Balaban J connectivity index is 2.42. The van der Waals surface area contributed by atoms with Crippen molar-refractivity contribution in [3.63, 3.8) is 0 Å². The molecule has 0 aliphatic carbocycles. The molecular formula is C16H20N4O4. The van der Waals surface area contributed by atoms with Gasteiger partial charge in [-0.05, 0) is 30.2 Å². The molecular weight excluding hydrogens is 312 g/mol. The second-order valence-corrected chi connectivity index (χ2v) is 5.38. The van der Waals surface area contributed by atoms with Crippen molar-refractivity contribution in [3.8, 4) is 11.8 Å². The zero-order valence-corrected chi connectivity index (χ0v) is 13.8. The van der Waals surface area contributed by atoms with Crippen molar-refractivity contribution in [1.29, 1.82) is 5.26 Å². The SMILES string of the molecule is CC(=O)NC(C(=O)NNC(=O)COc1ccc(C#N)cc1)C(C)C. The van der Waals surface area contributed by atoms with Crippen molar-refractivity contribution >= 4 is 17.7 Å². The summed E-state index contributed by atoms with van der Waals surface area (Å²) in [6.07, 6.45) is 0. The summed E-state index contributed by atoms with van der Waals surface area (Å²) in [5.74, 6) is -1.13. The molecule has 8 nitrogen and oxygen atoms in total. The molecule has 8 heteroatoms. The summed E-state index contributed by atoms with van der Waals surface area (Å²) in [5, 5.41) is 11.2. The number of ether oxygens (including phenoxy) is 1. The van der Waals surface area contributed by atoms with Gasteiger partial charge < -0.3 is 10.1 Å².